The van der Waals surface area contributed by atoms with Gasteiger partial charge >= 0.3 is 0 Å². The molecule has 1 saturated heterocycles. The standard InChI is InChI=1S/C9H15N3O/c1-12-6-8(5-11-12)9(10)3-2-4-13-7-9/h5-6H,2-4,7,10H2,1H3. The van der Waals surface area contributed by atoms with Crippen molar-refractivity contribution in [2.45, 2.75) is 18.4 Å². The molecule has 1 aliphatic heterocycles. The van der Waals surface area contributed by atoms with Crippen LogP contribution in [0.3, 0.4) is 0 Å². The topological polar surface area (TPSA) is 53.1 Å². The Labute approximate surface area is 77.7 Å². The van der Waals surface area contributed by atoms with Crippen LogP contribution in [0.4, 0.5) is 0 Å². The molecule has 2 heterocycles. The van der Waals surface area contributed by atoms with E-state index in [1.54, 1.807) is 4.68 Å². The average molecular weight is 181 g/mol. The van der Waals surface area contributed by atoms with E-state index in [0.717, 1.165) is 25.0 Å². The number of aryl methyl sites for hydroxylation is 1. The van der Waals surface area contributed by atoms with Gasteiger partial charge in [-0.05, 0) is 12.8 Å². The highest BCUT2D eigenvalue weighted by molar-refractivity contribution is 5.18. The minimum atomic E-state index is -0.313. The molecule has 72 valence electrons. The second-order valence-electron chi connectivity index (χ2n) is 3.71. The molecule has 1 aromatic rings. The zero-order valence-corrected chi connectivity index (χ0v) is 7.86. The highest BCUT2D eigenvalue weighted by Crippen LogP contribution is 2.26. The number of nitrogens with two attached hydrogens (primary N) is 1. The molecule has 0 amide bonds. The molecule has 1 unspecified atom stereocenters. The molecule has 0 saturated carbocycles. The molecule has 1 aliphatic rings. The fraction of sp³-hybridized carbons (Fsp3) is 0.667. The summed E-state index contributed by atoms with van der Waals surface area (Å²) in [5, 5.41) is 4.12. The lowest BCUT2D eigenvalue weighted by Crippen LogP contribution is -2.44. The van der Waals surface area contributed by atoms with Gasteiger partial charge in [0, 0.05) is 25.4 Å². The second-order valence-corrected chi connectivity index (χ2v) is 3.71. The molecule has 0 radical (unpaired) electrons. The van der Waals surface area contributed by atoms with Crippen molar-refractivity contribution in [3.05, 3.63) is 18.0 Å². The summed E-state index contributed by atoms with van der Waals surface area (Å²) in [5.74, 6) is 0. The summed E-state index contributed by atoms with van der Waals surface area (Å²) in [7, 11) is 1.90. The van der Waals surface area contributed by atoms with E-state index < -0.39 is 0 Å². The number of hydrogen-bond donors (Lipinski definition) is 1. The highest BCUT2D eigenvalue weighted by Gasteiger charge is 2.31. The van der Waals surface area contributed by atoms with Crippen LogP contribution in [0.25, 0.3) is 0 Å². The van der Waals surface area contributed by atoms with E-state index >= 15 is 0 Å². The predicted molar refractivity (Wildman–Crippen MR) is 49.1 cm³/mol. The van der Waals surface area contributed by atoms with Gasteiger partial charge < -0.3 is 10.5 Å². The van der Waals surface area contributed by atoms with Gasteiger partial charge in [0.15, 0.2) is 0 Å². The van der Waals surface area contributed by atoms with E-state index in [2.05, 4.69) is 5.10 Å². The molecule has 1 fully saturated rings. The average Bonchev–Trinajstić information content (AvgIpc) is 2.54. The smallest absolute Gasteiger partial charge is 0.0689 e. The molecule has 0 aromatic carbocycles. The van der Waals surface area contributed by atoms with E-state index in [4.69, 9.17) is 10.5 Å². The number of aromatic nitrogens is 2. The maximum absolute atomic E-state index is 6.22. The normalized spacial score (nSPS) is 29.1. The van der Waals surface area contributed by atoms with Gasteiger partial charge in [-0.25, -0.2) is 0 Å². The van der Waals surface area contributed by atoms with Crippen molar-refractivity contribution in [1.82, 2.24) is 9.78 Å². The van der Waals surface area contributed by atoms with Crippen LogP contribution >= 0.6 is 0 Å². The minimum Gasteiger partial charge on any atom is -0.379 e. The fourth-order valence-electron chi connectivity index (χ4n) is 1.72. The van der Waals surface area contributed by atoms with Gasteiger partial charge in [-0.3, -0.25) is 4.68 Å². The van der Waals surface area contributed by atoms with Gasteiger partial charge in [-0.15, -0.1) is 0 Å². The van der Waals surface area contributed by atoms with Crippen molar-refractivity contribution in [3.63, 3.8) is 0 Å². The highest BCUT2D eigenvalue weighted by atomic mass is 16.5. The maximum Gasteiger partial charge on any atom is 0.0689 e. The Morgan fingerprint density at radius 3 is 3.08 bits per heavy atom. The van der Waals surface area contributed by atoms with Gasteiger partial charge in [0.05, 0.1) is 18.3 Å². The minimum absolute atomic E-state index is 0.313. The molecule has 4 heteroatoms. The number of nitrogens with zero attached hydrogens (tertiary/aromatic N) is 2. The molecule has 0 bridgehead atoms. The summed E-state index contributed by atoms with van der Waals surface area (Å²) in [4.78, 5) is 0. The first kappa shape index (κ1) is 8.72. The molecule has 4 nitrogen and oxygen atoms in total. The Hall–Kier alpha value is -0.870. The summed E-state index contributed by atoms with van der Waals surface area (Å²) >= 11 is 0. The summed E-state index contributed by atoms with van der Waals surface area (Å²) in [6.45, 7) is 1.44. The van der Waals surface area contributed by atoms with Crippen LogP contribution in [0.2, 0.25) is 0 Å². The molecule has 13 heavy (non-hydrogen) atoms. The number of ether oxygens (including phenoxy) is 1. The third kappa shape index (κ3) is 1.59. The monoisotopic (exact) mass is 181 g/mol. The van der Waals surface area contributed by atoms with E-state index in [1.807, 2.05) is 19.4 Å². The van der Waals surface area contributed by atoms with Gasteiger partial charge in [0.25, 0.3) is 0 Å². The Bertz CT molecular complexity index is 289. The van der Waals surface area contributed by atoms with Crippen LogP contribution in [0.1, 0.15) is 18.4 Å². The second kappa shape index (κ2) is 3.12. The van der Waals surface area contributed by atoms with E-state index in [1.165, 1.54) is 0 Å². The third-order valence-electron chi connectivity index (χ3n) is 2.55. The van der Waals surface area contributed by atoms with E-state index in [-0.39, 0.29) is 5.54 Å². The van der Waals surface area contributed by atoms with Gasteiger partial charge in [-0.2, -0.15) is 5.10 Å². The molecule has 1 aromatic heterocycles. The summed E-state index contributed by atoms with van der Waals surface area (Å²) in [5.41, 5.74) is 6.98. The molecule has 0 aliphatic carbocycles. The molecule has 2 rings (SSSR count). The van der Waals surface area contributed by atoms with Crippen molar-refractivity contribution in [3.8, 4) is 0 Å². The van der Waals surface area contributed by atoms with Gasteiger partial charge in [0.2, 0.25) is 0 Å². The summed E-state index contributed by atoms with van der Waals surface area (Å²) < 4.78 is 7.16. The van der Waals surface area contributed by atoms with Crippen LogP contribution in [0.15, 0.2) is 12.4 Å². The van der Waals surface area contributed by atoms with E-state index in [9.17, 15) is 0 Å². The van der Waals surface area contributed by atoms with Crippen LogP contribution in [0, 0.1) is 0 Å². The summed E-state index contributed by atoms with van der Waals surface area (Å²) in [6.07, 6.45) is 5.81. The first-order valence-electron chi connectivity index (χ1n) is 4.56. The largest absolute Gasteiger partial charge is 0.379 e. The van der Waals surface area contributed by atoms with Crippen LogP contribution in [0.5, 0.6) is 0 Å². The molecule has 1 atom stereocenters. The first-order chi connectivity index (χ1) is 6.21. The van der Waals surface area contributed by atoms with Crippen molar-refractivity contribution < 1.29 is 4.74 Å². The van der Waals surface area contributed by atoms with Crippen molar-refractivity contribution in [2.75, 3.05) is 13.2 Å². The molecule has 2 N–H and O–H groups in total. The first-order valence-corrected chi connectivity index (χ1v) is 4.56. The molecular weight excluding hydrogens is 166 g/mol. The van der Waals surface area contributed by atoms with Crippen LogP contribution in [-0.2, 0) is 17.3 Å². The third-order valence-corrected chi connectivity index (χ3v) is 2.55. The lowest BCUT2D eigenvalue weighted by Gasteiger charge is -2.32. The van der Waals surface area contributed by atoms with E-state index in [0.29, 0.717) is 6.61 Å². The van der Waals surface area contributed by atoms with Gasteiger partial charge in [-0.1, -0.05) is 0 Å². The molecular formula is C9H15N3O. The van der Waals surface area contributed by atoms with Gasteiger partial charge in [0.1, 0.15) is 0 Å². The fourth-order valence-corrected chi connectivity index (χ4v) is 1.72. The Kier molecular flexibility index (Phi) is 2.09. The van der Waals surface area contributed by atoms with Crippen molar-refractivity contribution in [1.29, 1.82) is 0 Å². The Morgan fingerprint density at radius 2 is 2.54 bits per heavy atom. The predicted octanol–water partition coefficient (Wildman–Crippen LogP) is 0.384. The summed E-state index contributed by atoms with van der Waals surface area (Å²) in [6, 6.07) is 0. The van der Waals surface area contributed by atoms with Crippen LogP contribution in [-0.4, -0.2) is 23.0 Å². The Balaban J connectivity index is 2.22. The Morgan fingerprint density at radius 1 is 1.69 bits per heavy atom. The van der Waals surface area contributed by atoms with Crippen LogP contribution < -0.4 is 5.73 Å². The number of rotatable bonds is 1. The SMILES string of the molecule is Cn1cc(C2(N)CCCOC2)cn1. The van der Waals surface area contributed by atoms with Crippen molar-refractivity contribution in [2.24, 2.45) is 12.8 Å². The lowest BCUT2D eigenvalue weighted by atomic mass is 9.88. The maximum atomic E-state index is 6.22. The number of hydrogen-bond acceptors (Lipinski definition) is 3. The van der Waals surface area contributed by atoms with Crippen molar-refractivity contribution >= 4 is 0 Å². The quantitative estimate of drug-likeness (QED) is 0.681. The molecule has 0 spiro atoms. The zero-order valence-electron chi connectivity index (χ0n) is 7.86. The zero-order chi connectivity index (χ0) is 9.31. The lowest BCUT2D eigenvalue weighted by molar-refractivity contribution is 0.0366.